The van der Waals surface area contributed by atoms with Crippen molar-refractivity contribution in [3.63, 3.8) is 0 Å². The zero-order valence-electron chi connectivity index (χ0n) is 16.5. The van der Waals surface area contributed by atoms with Gasteiger partial charge in [-0.05, 0) is 40.2 Å². The molecule has 0 aromatic carbocycles. The van der Waals surface area contributed by atoms with Crippen LogP contribution in [0.15, 0.2) is 17.1 Å². The van der Waals surface area contributed by atoms with E-state index < -0.39 is 0 Å². The molecule has 5 heteroatoms. The predicted octanol–water partition coefficient (Wildman–Crippen LogP) is 1.95. The highest BCUT2D eigenvalue weighted by atomic mass is 15.3. The molecule has 1 fully saturated rings. The van der Waals surface area contributed by atoms with Crippen molar-refractivity contribution in [3.05, 3.63) is 12.2 Å². The van der Waals surface area contributed by atoms with Gasteiger partial charge in [-0.1, -0.05) is 13.0 Å². The molecule has 0 aromatic heterocycles. The molecule has 0 aromatic rings. The lowest BCUT2D eigenvalue weighted by Gasteiger charge is -2.37. The summed E-state index contributed by atoms with van der Waals surface area (Å²) >= 11 is 0. The van der Waals surface area contributed by atoms with Crippen molar-refractivity contribution in [2.24, 2.45) is 16.6 Å². The summed E-state index contributed by atoms with van der Waals surface area (Å²) < 4.78 is 0. The number of piperazine rings is 1. The quantitative estimate of drug-likeness (QED) is 0.472. The van der Waals surface area contributed by atoms with Gasteiger partial charge < -0.3 is 11.1 Å². The third kappa shape index (κ3) is 7.88. The van der Waals surface area contributed by atoms with E-state index in [1.54, 1.807) is 0 Å². The summed E-state index contributed by atoms with van der Waals surface area (Å²) in [6.45, 7) is 18.6. The Morgan fingerprint density at radius 2 is 1.92 bits per heavy atom. The zero-order chi connectivity index (χ0) is 17.9. The molecule has 5 nitrogen and oxygen atoms in total. The van der Waals surface area contributed by atoms with Gasteiger partial charge in [0.2, 0.25) is 0 Å². The average Bonchev–Trinajstić information content (AvgIpc) is 2.55. The zero-order valence-corrected chi connectivity index (χ0v) is 16.5. The molecule has 3 N–H and O–H groups in total. The number of hydrogen-bond acceptors (Lipinski definition) is 5. The van der Waals surface area contributed by atoms with Gasteiger partial charge in [-0.15, -0.1) is 0 Å². The van der Waals surface area contributed by atoms with E-state index in [1.165, 1.54) is 26.2 Å². The molecule has 24 heavy (non-hydrogen) atoms. The molecular formula is C19H39N5. The van der Waals surface area contributed by atoms with Crippen LogP contribution in [-0.2, 0) is 0 Å². The van der Waals surface area contributed by atoms with Crippen molar-refractivity contribution >= 4 is 5.71 Å². The highest BCUT2D eigenvalue weighted by Crippen LogP contribution is 2.08. The maximum atomic E-state index is 6.25. The number of hydrogen-bond donors (Lipinski definition) is 2. The highest BCUT2D eigenvalue weighted by Gasteiger charge is 2.18. The van der Waals surface area contributed by atoms with Crippen molar-refractivity contribution in [3.8, 4) is 0 Å². The normalized spacial score (nSPS) is 20.9. The fraction of sp³-hybridized carbons (Fsp3) is 0.842. The van der Waals surface area contributed by atoms with Gasteiger partial charge in [0.15, 0.2) is 0 Å². The molecule has 1 saturated heterocycles. The molecule has 0 spiro atoms. The molecular weight excluding hydrogens is 298 g/mol. The average molecular weight is 338 g/mol. The van der Waals surface area contributed by atoms with E-state index in [1.807, 2.05) is 26.0 Å². The largest absolute Gasteiger partial charge is 0.315 e. The molecule has 2 atom stereocenters. The minimum atomic E-state index is -0.117. The van der Waals surface area contributed by atoms with Crippen LogP contribution in [0.1, 0.15) is 41.0 Å². The Morgan fingerprint density at radius 1 is 1.25 bits per heavy atom. The molecule has 0 saturated carbocycles. The number of nitrogens with zero attached hydrogens (tertiary/aromatic N) is 3. The first-order valence-corrected chi connectivity index (χ1v) is 9.57. The summed E-state index contributed by atoms with van der Waals surface area (Å²) in [6, 6.07) is 0.670. The summed E-state index contributed by atoms with van der Waals surface area (Å²) in [4.78, 5) is 9.70. The Kier molecular flexibility index (Phi) is 10.4. The molecule has 140 valence electrons. The minimum absolute atomic E-state index is 0.117. The van der Waals surface area contributed by atoms with Crippen molar-refractivity contribution in [1.82, 2.24) is 15.1 Å². The number of nitrogens with one attached hydrogen (secondary N) is 1. The van der Waals surface area contributed by atoms with Gasteiger partial charge in [0, 0.05) is 63.5 Å². The number of aliphatic imine (C=N–C) groups is 1. The highest BCUT2D eigenvalue weighted by molar-refractivity contribution is 5.92. The molecule has 1 aliphatic heterocycles. The molecule has 0 bridgehead atoms. The van der Waals surface area contributed by atoms with Crippen LogP contribution in [0.5, 0.6) is 0 Å². The number of rotatable bonds is 10. The smallest absolute Gasteiger partial charge is 0.101 e. The number of allylic oxidation sites excluding steroid dienone is 2. The van der Waals surface area contributed by atoms with Crippen LogP contribution < -0.4 is 11.1 Å². The van der Waals surface area contributed by atoms with Gasteiger partial charge in [-0.25, -0.2) is 0 Å². The standard InChI is InChI=1S/C19H39N5/c1-6-8-17(5)22-19(20)18(7-2)15-21-9-10-23-11-13-24(14-12-23)16(3)4/h6,8,16,18-19,21H,7,9-15,20H2,1-5H3/b8-6-,22-17-. The van der Waals surface area contributed by atoms with E-state index >= 15 is 0 Å². The maximum absolute atomic E-state index is 6.25. The van der Waals surface area contributed by atoms with Crippen LogP contribution in [0.25, 0.3) is 0 Å². The lowest BCUT2D eigenvalue weighted by Crippen LogP contribution is -2.50. The van der Waals surface area contributed by atoms with Crippen molar-refractivity contribution in [1.29, 1.82) is 0 Å². The second kappa shape index (κ2) is 11.7. The molecule has 0 radical (unpaired) electrons. The van der Waals surface area contributed by atoms with E-state index in [9.17, 15) is 0 Å². The summed E-state index contributed by atoms with van der Waals surface area (Å²) in [7, 11) is 0. The molecule has 2 unspecified atom stereocenters. The van der Waals surface area contributed by atoms with Gasteiger partial charge in [-0.2, -0.15) is 0 Å². The van der Waals surface area contributed by atoms with Gasteiger partial charge >= 0.3 is 0 Å². The maximum Gasteiger partial charge on any atom is 0.101 e. The summed E-state index contributed by atoms with van der Waals surface area (Å²) in [5, 5.41) is 3.58. The Morgan fingerprint density at radius 3 is 2.46 bits per heavy atom. The van der Waals surface area contributed by atoms with Crippen LogP contribution in [0.4, 0.5) is 0 Å². The molecule has 1 rings (SSSR count). The monoisotopic (exact) mass is 337 g/mol. The van der Waals surface area contributed by atoms with Crippen LogP contribution >= 0.6 is 0 Å². The Labute approximate surface area is 149 Å². The Bertz CT molecular complexity index is 383. The van der Waals surface area contributed by atoms with Crippen LogP contribution in [0.2, 0.25) is 0 Å². The molecule has 1 aliphatic rings. The second-order valence-electron chi connectivity index (χ2n) is 7.10. The topological polar surface area (TPSA) is 56.9 Å². The molecule has 0 amide bonds. The van der Waals surface area contributed by atoms with Crippen molar-refractivity contribution in [2.75, 3.05) is 45.8 Å². The molecule has 0 aliphatic carbocycles. The lowest BCUT2D eigenvalue weighted by molar-refractivity contribution is 0.109. The third-order valence-electron chi connectivity index (χ3n) is 4.92. The fourth-order valence-electron chi connectivity index (χ4n) is 3.16. The summed E-state index contributed by atoms with van der Waals surface area (Å²) in [5.74, 6) is 0.392. The lowest BCUT2D eigenvalue weighted by atomic mass is 10.0. The first-order chi connectivity index (χ1) is 11.5. The van der Waals surface area contributed by atoms with E-state index in [0.717, 1.165) is 31.8 Å². The van der Waals surface area contributed by atoms with Gasteiger partial charge in [0.25, 0.3) is 0 Å². The van der Waals surface area contributed by atoms with E-state index in [0.29, 0.717) is 12.0 Å². The van der Waals surface area contributed by atoms with Gasteiger partial charge in [-0.3, -0.25) is 14.8 Å². The van der Waals surface area contributed by atoms with Crippen LogP contribution in [0, 0.1) is 5.92 Å². The van der Waals surface area contributed by atoms with Gasteiger partial charge in [0.05, 0.1) is 0 Å². The van der Waals surface area contributed by atoms with Gasteiger partial charge in [0.1, 0.15) is 6.17 Å². The fourth-order valence-corrected chi connectivity index (χ4v) is 3.16. The van der Waals surface area contributed by atoms with Crippen LogP contribution in [0.3, 0.4) is 0 Å². The SMILES string of the molecule is C/C=C\C(C)=N/C(N)C(CC)CNCCN1CCN(C(C)C)CC1. The summed E-state index contributed by atoms with van der Waals surface area (Å²) in [5.41, 5.74) is 7.26. The minimum Gasteiger partial charge on any atom is -0.315 e. The van der Waals surface area contributed by atoms with E-state index in [2.05, 4.69) is 40.9 Å². The van der Waals surface area contributed by atoms with Crippen molar-refractivity contribution in [2.45, 2.75) is 53.2 Å². The summed E-state index contributed by atoms with van der Waals surface area (Å²) in [6.07, 6.45) is 4.95. The first-order valence-electron chi connectivity index (χ1n) is 9.57. The van der Waals surface area contributed by atoms with E-state index in [4.69, 9.17) is 5.73 Å². The van der Waals surface area contributed by atoms with E-state index in [-0.39, 0.29) is 6.17 Å². The third-order valence-corrected chi connectivity index (χ3v) is 4.92. The predicted molar refractivity (Wildman–Crippen MR) is 106 cm³/mol. The second-order valence-corrected chi connectivity index (χ2v) is 7.10. The Balaban J connectivity index is 2.24. The number of nitrogens with two attached hydrogens (primary N) is 1. The first kappa shape index (κ1) is 21.3. The molecule has 1 heterocycles. The Hall–Kier alpha value is -0.750. The van der Waals surface area contributed by atoms with Crippen LogP contribution in [-0.4, -0.2) is 73.5 Å². The van der Waals surface area contributed by atoms with Crippen molar-refractivity contribution < 1.29 is 0 Å².